The van der Waals surface area contributed by atoms with Gasteiger partial charge in [0.2, 0.25) is 0 Å². The van der Waals surface area contributed by atoms with Crippen LogP contribution in [-0.4, -0.2) is 24.3 Å². The van der Waals surface area contributed by atoms with Crippen LogP contribution in [-0.2, 0) is 6.42 Å². The Bertz CT molecular complexity index is 545. The average molecular weight is 287 g/mol. The van der Waals surface area contributed by atoms with E-state index < -0.39 is 0 Å². The van der Waals surface area contributed by atoms with E-state index in [0.717, 1.165) is 12.0 Å². The van der Waals surface area contributed by atoms with E-state index in [1.54, 1.807) is 11.3 Å². The Labute approximate surface area is 125 Å². The molecule has 1 aromatic carbocycles. The number of Topliss-reactive ketones (excluding diaryl/α,β-unsaturated/α-hetero) is 1. The van der Waals surface area contributed by atoms with Crippen LogP contribution in [0.2, 0.25) is 0 Å². The van der Waals surface area contributed by atoms with Crippen molar-refractivity contribution in [2.24, 2.45) is 0 Å². The summed E-state index contributed by atoms with van der Waals surface area (Å²) in [7, 11) is 2.00. The maximum atomic E-state index is 12.3. The second kappa shape index (κ2) is 6.82. The summed E-state index contributed by atoms with van der Waals surface area (Å²) in [4.78, 5) is 15.7. The molecule has 1 atom stereocenters. The van der Waals surface area contributed by atoms with Crippen molar-refractivity contribution in [1.82, 2.24) is 4.90 Å². The average Bonchev–Trinajstić information content (AvgIpc) is 3.00. The van der Waals surface area contributed by atoms with Crippen LogP contribution in [0.1, 0.15) is 40.7 Å². The second-order valence-electron chi connectivity index (χ2n) is 5.08. The Balaban J connectivity index is 1.99. The number of nitrogens with zero attached hydrogens (tertiary/aromatic N) is 1. The summed E-state index contributed by atoms with van der Waals surface area (Å²) in [5.74, 6) is 0.179. The number of benzene rings is 1. The monoisotopic (exact) mass is 287 g/mol. The minimum absolute atomic E-state index is 0.179. The van der Waals surface area contributed by atoms with Gasteiger partial charge in [-0.2, -0.15) is 0 Å². The number of carbonyl (C=O) groups excluding carboxylic acids is 1. The molecule has 1 heterocycles. The molecule has 2 nitrogen and oxygen atoms in total. The Morgan fingerprint density at radius 1 is 1.25 bits per heavy atom. The maximum absolute atomic E-state index is 12.3. The van der Waals surface area contributed by atoms with Crippen molar-refractivity contribution in [1.29, 1.82) is 0 Å². The Hall–Kier alpha value is -1.45. The Morgan fingerprint density at radius 2 is 1.95 bits per heavy atom. The van der Waals surface area contributed by atoms with E-state index in [0.29, 0.717) is 6.54 Å². The molecule has 0 bridgehead atoms. The summed E-state index contributed by atoms with van der Waals surface area (Å²) < 4.78 is 0. The molecule has 0 saturated carbocycles. The molecular formula is C17H21NOS. The first-order valence-corrected chi connectivity index (χ1v) is 7.85. The van der Waals surface area contributed by atoms with Crippen molar-refractivity contribution in [3.63, 3.8) is 0 Å². The summed E-state index contributed by atoms with van der Waals surface area (Å²) in [6, 6.07) is 12.4. The topological polar surface area (TPSA) is 20.3 Å². The van der Waals surface area contributed by atoms with Gasteiger partial charge in [-0.25, -0.2) is 0 Å². The second-order valence-corrected chi connectivity index (χ2v) is 6.06. The third-order valence-electron chi connectivity index (χ3n) is 3.69. The van der Waals surface area contributed by atoms with E-state index in [1.807, 2.05) is 31.3 Å². The van der Waals surface area contributed by atoms with E-state index in [4.69, 9.17) is 0 Å². The molecule has 2 rings (SSSR count). The normalized spacial score (nSPS) is 12.6. The fourth-order valence-electron chi connectivity index (χ4n) is 2.13. The largest absolute Gasteiger partial charge is 0.293 e. The molecule has 0 saturated heterocycles. The molecule has 0 aliphatic heterocycles. The molecule has 0 spiro atoms. The highest BCUT2D eigenvalue weighted by Gasteiger charge is 2.16. The quantitative estimate of drug-likeness (QED) is 0.743. The van der Waals surface area contributed by atoms with Gasteiger partial charge in [0, 0.05) is 16.5 Å². The molecule has 0 aliphatic rings. The number of rotatable bonds is 6. The van der Waals surface area contributed by atoms with Crippen LogP contribution in [0.25, 0.3) is 0 Å². The molecule has 2 aromatic rings. The lowest BCUT2D eigenvalue weighted by molar-refractivity contribution is 0.0926. The van der Waals surface area contributed by atoms with E-state index in [2.05, 4.69) is 36.3 Å². The molecule has 3 heteroatoms. The van der Waals surface area contributed by atoms with E-state index in [-0.39, 0.29) is 11.8 Å². The van der Waals surface area contributed by atoms with E-state index in [9.17, 15) is 4.79 Å². The van der Waals surface area contributed by atoms with Gasteiger partial charge in [-0.1, -0.05) is 37.3 Å². The van der Waals surface area contributed by atoms with Gasteiger partial charge in [0.15, 0.2) is 5.78 Å². The zero-order chi connectivity index (χ0) is 14.5. The molecular weight excluding hydrogens is 266 g/mol. The van der Waals surface area contributed by atoms with Gasteiger partial charge in [-0.15, -0.1) is 11.3 Å². The molecule has 0 amide bonds. The van der Waals surface area contributed by atoms with Crippen molar-refractivity contribution in [3.05, 3.63) is 57.8 Å². The van der Waals surface area contributed by atoms with Crippen LogP contribution in [0.15, 0.2) is 41.8 Å². The predicted octanol–water partition coefficient (Wildman–Crippen LogP) is 4.19. The summed E-state index contributed by atoms with van der Waals surface area (Å²) in [5.41, 5.74) is 2.06. The minimum atomic E-state index is 0.179. The SMILES string of the molecule is CCc1ccc(C(=O)CN(C)C(C)c2cccs2)cc1. The lowest BCUT2D eigenvalue weighted by Gasteiger charge is -2.23. The molecule has 0 N–H and O–H groups in total. The van der Waals surface area contributed by atoms with Crippen LogP contribution in [0.4, 0.5) is 0 Å². The van der Waals surface area contributed by atoms with Crippen LogP contribution in [0.5, 0.6) is 0 Å². The predicted molar refractivity (Wildman–Crippen MR) is 85.5 cm³/mol. The highest BCUT2D eigenvalue weighted by atomic mass is 32.1. The standard InChI is InChI=1S/C17H21NOS/c1-4-14-7-9-15(10-8-14)16(19)12-18(3)13(2)17-6-5-11-20-17/h5-11,13H,4,12H2,1-3H3. The van der Waals surface area contributed by atoms with Gasteiger partial charge >= 0.3 is 0 Å². The zero-order valence-electron chi connectivity index (χ0n) is 12.3. The molecule has 0 fully saturated rings. The minimum Gasteiger partial charge on any atom is -0.293 e. The summed E-state index contributed by atoms with van der Waals surface area (Å²) >= 11 is 1.73. The van der Waals surface area contributed by atoms with Crippen LogP contribution in [0.3, 0.4) is 0 Å². The number of hydrogen-bond acceptors (Lipinski definition) is 3. The zero-order valence-corrected chi connectivity index (χ0v) is 13.1. The Morgan fingerprint density at radius 3 is 2.50 bits per heavy atom. The first kappa shape index (κ1) is 14.9. The Kier molecular flexibility index (Phi) is 5.10. The molecule has 0 radical (unpaired) electrons. The summed E-state index contributed by atoms with van der Waals surface area (Å²) in [6.07, 6.45) is 1.00. The lowest BCUT2D eigenvalue weighted by Crippen LogP contribution is -2.28. The van der Waals surface area contributed by atoms with Gasteiger partial charge in [-0.3, -0.25) is 9.69 Å². The van der Waals surface area contributed by atoms with Crippen molar-refractivity contribution in [2.75, 3.05) is 13.6 Å². The number of carbonyl (C=O) groups is 1. The highest BCUT2D eigenvalue weighted by Crippen LogP contribution is 2.23. The number of aryl methyl sites for hydroxylation is 1. The fourth-order valence-corrected chi connectivity index (χ4v) is 2.98. The van der Waals surface area contributed by atoms with Crippen molar-refractivity contribution >= 4 is 17.1 Å². The van der Waals surface area contributed by atoms with Gasteiger partial charge in [0.05, 0.1) is 6.54 Å². The maximum Gasteiger partial charge on any atom is 0.176 e. The van der Waals surface area contributed by atoms with Gasteiger partial charge in [0.25, 0.3) is 0 Å². The van der Waals surface area contributed by atoms with Gasteiger partial charge in [-0.05, 0) is 37.4 Å². The number of ketones is 1. The van der Waals surface area contributed by atoms with Crippen molar-refractivity contribution < 1.29 is 4.79 Å². The van der Waals surface area contributed by atoms with Crippen molar-refractivity contribution in [2.45, 2.75) is 26.3 Å². The van der Waals surface area contributed by atoms with Gasteiger partial charge < -0.3 is 0 Å². The third-order valence-corrected chi connectivity index (χ3v) is 4.74. The smallest absolute Gasteiger partial charge is 0.176 e. The van der Waals surface area contributed by atoms with Crippen LogP contribution >= 0.6 is 11.3 Å². The molecule has 1 aromatic heterocycles. The number of thiophene rings is 1. The highest BCUT2D eigenvalue weighted by molar-refractivity contribution is 7.10. The van der Waals surface area contributed by atoms with E-state index >= 15 is 0 Å². The molecule has 106 valence electrons. The summed E-state index contributed by atoms with van der Waals surface area (Å²) in [5, 5.41) is 2.07. The van der Waals surface area contributed by atoms with Crippen LogP contribution in [0, 0.1) is 0 Å². The number of likely N-dealkylation sites (N-methyl/N-ethyl adjacent to an activating group) is 1. The molecule has 0 aliphatic carbocycles. The summed E-state index contributed by atoms with van der Waals surface area (Å²) in [6.45, 7) is 4.71. The lowest BCUT2D eigenvalue weighted by atomic mass is 10.1. The molecule has 1 unspecified atom stereocenters. The third kappa shape index (κ3) is 3.56. The van der Waals surface area contributed by atoms with Crippen LogP contribution < -0.4 is 0 Å². The van der Waals surface area contributed by atoms with Gasteiger partial charge in [0.1, 0.15) is 0 Å². The fraction of sp³-hybridized carbons (Fsp3) is 0.353. The molecule has 20 heavy (non-hydrogen) atoms. The van der Waals surface area contributed by atoms with E-state index in [1.165, 1.54) is 10.4 Å². The number of hydrogen-bond donors (Lipinski definition) is 0. The van der Waals surface area contributed by atoms with Crippen molar-refractivity contribution in [3.8, 4) is 0 Å². The first-order valence-electron chi connectivity index (χ1n) is 6.97. The first-order chi connectivity index (χ1) is 9.61.